The Hall–Kier alpha value is -2.41. The number of rotatable bonds is 3. The molecule has 5 nitrogen and oxygen atoms in total. The maximum absolute atomic E-state index is 13.5. The number of nitro groups is 1. The van der Waals surface area contributed by atoms with Gasteiger partial charge in [0.15, 0.2) is 0 Å². The number of carbonyl (C=O) groups is 1. The molecule has 3 rings (SSSR count). The quantitative estimate of drug-likeness (QED) is 0.687. The fraction of sp³-hybridized carbons (Fsp3) is 0.188. The van der Waals surface area contributed by atoms with Crippen LogP contribution in [0.15, 0.2) is 47.4 Å². The molecule has 1 heterocycles. The lowest BCUT2D eigenvalue weighted by molar-refractivity contribution is -0.384. The highest BCUT2D eigenvalue weighted by molar-refractivity contribution is 7.99. The van der Waals surface area contributed by atoms with Crippen LogP contribution in [0.25, 0.3) is 0 Å². The van der Waals surface area contributed by atoms with Crippen molar-refractivity contribution in [3.63, 3.8) is 0 Å². The summed E-state index contributed by atoms with van der Waals surface area (Å²) in [6.45, 7) is 0. The number of halogens is 1. The van der Waals surface area contributed by atoms with Crippen LogP contribution < -0.4 is 5.32 Å². The lowest BCUT2D eigenvalue weighted by atomic mass is 10.0. The van der Waals surface area contributed by atoms with E-state index in [0.29, 0.717) is 12.0 Å². The molecule has 0 saturated heterocycles. The highest BCUT2D eigenvalue weighted by atomic mass is 32.2. The van der Waals surface area contributed by atoms with Crippen LogP contribution >= 0.6 is 11.8 Å². The van der Waals surface area contributed by atoms with Crippen LogP contribution in [0.3, 0.4) is 0 Å². The number of benzene rings is 2. The summed E-state index contributed by atoms with van der Waals surface area (Å²) in [6.07, 6.45) is 0.708. The fourth-order valence-electron chi connectivity index (χ4n) is 2.49. The van der Waals surface area contributed by atoms with Crippen LogP contribution in [-0.2, 0) is 0 Å². The molecule has 2 aromatic rings. The minimum absolute atomic E-state index is 0.0666. The largest absolute Gasteiger partial charge is 0.345 e. The molecule has 0 unspecified atom stereocenters. The zero-order valence-corrected chi connectivity index (χ0v) is 12.8. The second-order valence-corrected chi connectivity index (χ2v) is 6.29. The van der Waals surface area contributed by atoms with Gasteiger partial charge in [-0.15, -0.1) is 11.8 Å². The highest BCUT2D eigenvalue weighted by Crippen LogP contribution is 2.36. The lowest BCUT2D eigenvalue weighted by Crippen LogP contribution is -2.30. The van der Waals surface area contributed by atoms with Gasteiger partial charge >= 0.3 is 0 Å². The number of nitrogens with one attached hydrogen (secondary N) is 1. The standard InChI is InChI=1S/C16H13FN2O3S/c17-11-3-6-15-13(9-11)14(7-8-23-15)18-16(20)10-1-4-12(5-2-10)19(21)22/h1-6,9,14H,7-8H2,(H,18,20)/t14-/m1/s1. The Morgan fingerprint density at radius 1 is 1.26 bits per heavy atom. The van der Waals surface area contributed by atoms with E-state index in [-0.39, 0.29) is 23.5 Å². The number of hydrogen-bond acceptors (Lipinski definition) is 4. The van der Waals surface area contributed by atoms with Crippen molar-refractivity contribution in [1.29, 1.82) is 0 Å². The van der Waals surface area contributed by atoms with Crippen molar-refractivity contribution in [3.8, 4) is 0 Å². The molecule has 0 aromatic heterocycles. The van der Waals surface area contributed by atoms with Crippen molar-refractivity contribution in [2.24, 2.45) is 0 Å². The Kier molecular flexibility index (Phi) is 4.29. The van der Waals surface area contributed by atoms with Crippen molar-refractivity contribution in [3.05, 3.63) is 69.5 Å². The zero-order chi connectivity index (χ0) is 16.4. The van der Waals surface area contributed by atoms with E-state index in [2.05, 4.69) is 5.32 Å². The van der Waals surface area contributed by atoms with E-state index in [1.165, 1.54) is 36.4 Å². The maximum atomic E-state index is 13.5. The summed E-state index contributed by atoms with van der Waals surface area (Å²) in [6, 6.07) is 9.73. The van der Waals surface area contributed by atoms with Crippen LogP contribution in [0.1, 0.15) is 28.4 Å². The molecule has 1 aliphatic heterocycles. The SMILES string of the molecule is O=C(N[C@@H]1CCSc2ccc(F)cc21)c1ccc([N+](=O)[O-])cc1. The van der Waals surface area contributed by atoms with Crippen molar-refractivity contribution >= 4 is 23.4 Å². The Bertz CT molecular complexity index is 764. The van der Waals surface area contributed by atoms with Gasteiger partial charge in [-0.25, -0.2) is 4.39 Å². The monoisotopic (exact) mass is 332 g/mol. The molecule has 1 atom stereocenters. The molecule has 0 bridgehead atoms. The molecular weight excluding hydrogens is 319 g/mol. The van der Waals surface area contributed by atoms with E-state index in [4.69, 9.17) is 0 Å². The van der Waals surface area contributed by atoms with Gasteiger partial charge in [-0.2, -0.15) is 0 Å². The molecule has 0 aliphatic carbocycles. The summed E-state index contributed by atoms with van der Waals surface area (Å²) < 4.78 is 13.5. The third kappa shape index (κ3) is 3.34. The maximum Gasteiger partial charge on any atom is 0.269 e. The molecule has 23 heavy (non-hydrogen) atoms. The van der Waals surface area contributed by atoms with Gasteiger partial charge in [0.25, 0.3) is 11.6 Å². The van der Waals surface area contributed by atoms with Gasteiger partial charge < -0.3 is 5.32 Å². The van der Waals surface area contributed by atoms with E-state index in [1.54, 1.807) is 17.8 Å². The summed E-state index contributed by atoms with van der Waals surface area (Å²) in [4.78, 5) is 23.4. The van der Waals surface area contributed by atoms with E-state index < -0.39 is 4.92 Å². The normalized spacial score (nSPS) is 16.5. The Morgan fingerprint density at radius 3 is 2.70 bits per heavy atom. The molecule has 1 amide bonds. The third-order valence-corrected chi connectivity index (χ3v) is 4.78. The van der Waals surface area contributed by atoms with Crippen LogP contribution in [-0.4, -0.2) is 16.6 Å². The lowest BCUT2D eigenvalue weighted by Gasteiger charge is -2.26. The summed E-state index contributed by atoms with van der Waals surface area (Å²) in [5.41, 5.74) is 1.05. The van der Waals surface area contributed by atoms with Crippen LogP contribution in [0.4, 0.5) is 10.1 Å². The van der Waals surface area contributed by atoms with Gasteiger partial charge in [-0.05, 0) is 42.3 Å². The molecule has 7 heteroatoms. The first-order valence-electron chi connectivity index (χ1n) is 7.02. The first-order valence-corrected chi connectivity index (χ1v) is 8.01. The number of thioether (sulfide) groups is 1. The second kappa shape index (κ2) is 6.37. The topological polar surface area (TPSA) is 72.2 Å². The van der Waals surface area contributed by atoms with Gasteiger partial charge in [0, 0.05) is 28.3 Å². The first kappa shape index (κ1) is 15.5. The molecule has 0 spiro atoms. The van der Waals surface area contributed by atoms with Crippen molar-refractivity contribution in [2.75, 3.05) is 5.75 Å². The van der Waals surface area contributed by atoms with Crippen molar-refractivity contribution < 1.29 is 14.1 Å². The number of carbonyl (C=O) groups excluding carboxylic acids is 1. The molecule has 2 aromatic carbocycles. The Morgan fingerprint density at radius 2 is 2.00 bits per heavy atom. The van der Waals surface area contributed by atoms with E-state index >= 15 is 0 Å². The summed E-state index contributed by atoms with van der Waals surface area (Å²) >= 11 is 1.64. The number of fused-ring (bicyclic) bond motifs is 1. The smallest absolute Gasteiger partial charge is 0.269 e. The second-order valence-electron chi connectivity index (χ2n) is 5.15. The molecule has 118 valence electrons. The average Bonchev–Trinajstić information content (AvgIpc) is 2.55. The summed E-state index contributed by atoms with van der Waals surface area (Å²) in [5.74, 6) is 0.178. The first-order chi connectivity index (χ1) is 11.0. The number of non-ortho nitro benzene ring substituents is 1. The Balaban J connectivity index is 1.79. The highest BCUT2D eigenvalue weighted by Gasteiger charge is 2.23. The van der Waals surface area contributed by atoms with Crippen LogP contribution in [0.2, 0.25) is 0 Å². The number of nitrogens with zero attached hydrogens (tertiary/aromatic N) is 1. The summed E-state index contributed by atoms with van der Waals surface area (Å²) in [5, 5.41) is 13.5. The van der Waals surface area contributed by atoms with E-state index in [0.717, 1.165) is 16.2 Å². The molecular formula is C16H13FN2O3S. The molecule has 0 fully saturated rings. The number of hydrogen-bond donors (Lipinski definition) is 1. The summed E-state index contributed by atoms with van der Waals surface area (Å²) in [7, 11) is 0. The van der Waals surface area contributed by atoms with Gasteiger partial charge in [0.2, 0.25) is 0 Å². The number of nitro benzene ring substituents is 1. The van der Waals surface area contributed by atoms with Crippen LogP contribution in [0.5, 0.6) is 0 Å². The predicted molar refractivity (Wildman–Crippen MR) is 85.0 cm³/mol. The molecule has 0 saturated carbocycles. The van der Waals surface area contributed by atoms with E-state index in [9.17, 15) is 19.3 Å². The van der Waals surface area contributed by atoms with Crippen LogP contribution in [0, 0.1) is 15.9 Å². The molecule has 1 aliphatic rings. The zero-order valence-electron chi connectivity index (χ0n) is 12.0. The van der Waals surface area contributed by atoms with Gasteiger partial charge in [0.05, 0.1) is 11.0 Å². The fourth-order valence-corrected chi connectivity index (χ4v) is 3.60. The molecule has 0 radical (unpaired) electrons. The van der Waals surface area contributed by atoms with E-state index in [1.807, 2.05) is 0 Å². The minimum atomic E-state index is -0.515. The van der Waals surface area contributed by atoms with Crippen molar-refractivity contribution in [2.45, 2.75) is 17.4 Å². The molecule has 1 N–H and O–H groups in total. The minimum Gasteiger partial charge on any atom is -0.345 e. The van der Waals surface area contributed by atoms with Gasteiger partial charge in [-0.1, -0.05) is 0 Å². The third-order valence-electron chi connectivity index (χ3n) is 3.66. The predicted octanol–water partition coefficient (Wildman–Crippen LogP) is 3.70. The van der Waals surface area contributed by atoms with Crippen molar-refractivity contribution in [1.82, 2.24) is 5.32 Å². The van der Waals surface area contributed by atoms with Gasteiger partial charge in [-0.3, -0.25) is 14.9 Å². The average molecular weight is 332 g/mol. The Labute approximate surface area is 136 Å². The van der Waals surface area contributed by atoms with Gasteiger partial charge in [0.1, 0.15) is 5.82 Å². The number of amides is 1.